The van der Waals surface area contributed by atoms with E-state index < -0.39 is 11.2 Å². The molecule has 1 aliphatic heterocycles. The van der Waals surface area contributed by atoms with Crippen LogP contribution < -0.4 is 0 Å². The molecule has 1 unspecified atom stereocenters. The topological polar surface area (TPSA) is 56.6 Å². The summed E-state index contributed by atoms with van der Waals surface area (Å²) in [4.78, 5) is 19.8. The van der Waals surface area contributed by atoms with Gasteiger partial charge in [0.25, 0.3) is 0 Å². The van der Waals surface area contributed by atoms with E-state index in [1.165, 1.54) is 0 Å². The van der Waals surface area contributed by atoms with Gasteiger partial charge in [-0.3, -0.25) is 4.79 Å². The van der Waals surface area contributed by atoms with Gasteiger partial charge in [-0.2, -0.15) is 0 Å². The quantitative estimate of drug-likeness (QED) is 0.783. The molecule has 1 aromatic heterocycles. The maximum Gasteiger partial charge on any atom is 0.233 e. The van der Waals surface area contributed by atoms with Crippen LogP contribution in [0.5, 0.6) is 0 Å². The lowest BCUT2D eigenvalue weighted by atomic mass is 9.83. The lowest BCUT2D eigenvalue weighted by Gasteiger charge is -2.33. The molecule has 6 nitrogen and oxygen atoms in total. The average molecular weight is 371 g/mol. The van der Waals surface area contributed by atoms with Crippen LogP contribution in [0.15, 0.2) is 42.7 Å². The molecule has 0 N–H and O–H groups in total. The van der Waals surface area contributed by atoms with Gasteiger partial charge in [0.2, 0.25) is 5.91 Å². The van der Waals surface area contributed by atoms with Gasteiger partial charge in [-0.15, -0.1) is 0 Å². The molecule has 0 spiro atoms. The average Bonchev–Trinajstić information content (AvgIpc) is 3.19. The number of benzene rings is 1. The number of carbonyl (C=O) groups excluding carboxylic acids is 1. The zero-order valence-electron chi connectivity index (χ0n) is 16.8. The Morgan fingerprint density at radius 2 is 2.04 bits per heavy atom. The summed E-state index contributed by atoms with van der Waals surface area (Å²) in [7, 11) is 1.94. The molecule has 6 heteroatoms. The third kappa shape index (κ3) is 4.39. The first-order valence-corrected chi connectivity index (χ1v) is 9.32. The lowest BCUT2D eigenvalue weighted by molar-refractivity contribution is -0.149. The van der Waals surface area contributed by atoms with Gasteiger partial charge in [0.15, 0.2) is 5.79 Å². The number of nitrogens with zero attached hydrogens (tertiary/aromatic N) is 3. The van der Waals surface area contributed by atoms with Crippen molar-refractivity contribution in [3.8, 4) is 0 Å². The van der Waals surface area contributed by atoms with Gasteiger partial charge in [-0.05, 0) is 33.3 Å². The van der Waals surface area contributed by atoms with Crippen LogP contribution in [0.1, 0.15) is 39.1 Å². The molecule has 3 rings (SSSR count). The molecule has 1 saturated heterocycles. The van der Waals surface area contributed by atoms with Gasteiger partial charge >= 0.3 is 0 Å². The highest BCUT2D eigenvalue weighted by Crippen LogP contribution is 2.28. The van der Waals surface area contributed by atoms with Crippen molar-refractivity contribution in [3.63, 3.8) is 0 Å². The molecule has 0 aliphatic carbocycles. The zero-order valence-corrected chi connectivity index (χ0v) is 16.8. The second kappa shape index (κ2) is 7.44. The van der Waals surface area contributed by atoms with E-state index in [0.717, 1.165) is 11.4 Å². The number of amides is 1. The molecular formula is C21H29N3O3. The first-order valence-electron chi connectivity index (χ1n) is 9.32. The molecule has 1 aromatic carbocycles. The van der Waals surface area contributed by atoms with Crippen molar-refractivity contribution in [1.29, 1.82) is 0 Å². The monoisotopic (exact) mass is 371 g/mol. The van der Waals surface area contributed by atoms with Crippen LogP contribution in [0, 0.1) is 0 Å². The fourth-order valence-electron chi connectivity index (χ4n) is 3.41. The Balaban J connectivity index is 1.84. The van der Waals surface area contributed by atoms with Gasteiger partial charge in [-0.25, -0.2) is 4.98 Å². The van der Waals surface area contributed by atoms with Crippen LogP contribution in [0.2, 0.25) is 0 Å². The van der Waals surface area contributed by atoms with Crippen LogP contribution in [0.4, 0.5) is 0 Å². The molecule has 1 aliphatic rings. The number of imidazole rings is 1. The number of aromatic nitrogens is 2. The van der Waals surface area contributed by atoms with E-state index in [2.05, 4.69) is 4.98 Å². The number of hydrogen-bond acceptors (Lipinski definition) is 4. The van der Waals surface area contributed by atoms with Gasteiger partial charge in [0.05, 0.1) is 18.6 Å². The van der Waals surface area contributed by atoms with E-state index in [-0.39, 0.29) is 12.0 Å². The molecule has 27 heavy (non-hydrogen) atoms. The van der Waals surface area contributed by atoms with E-state index in [0.29, 0.717) is 19.7 Å². The minimum absolute atomic E-state index is 0.0463. The number of carbonyl (C=O) groups is 1. The third-order valence-electron chi connectivity index (χ3n) is 5.06. The molecule has 2 aromatic rings. The maximum absolute atomic E-state index is 13.5. The van der Waals surface area contributed by atoms with Gasteiger partial charge in [0, 0.05) is 26.0 Å². The fourth-order valence-corrected chi connectivity index (χ4v) is 3.41. The van der Waals surface area contributed by atoms with Crippen molar-refractivity contribution >= 4 is 5.91 Å². The Morgan fingerprint density at radius 1 is 1.33 bits per heavy atom. The second-order valence-electron chi connectivity index (χ2n) is 8.08. The Labute approximate surface area is 161 Å². The number of hydrogen-bond donors (Lipinski definition) is 0. The van der Waals surface area contributed by atoms with E-state index in [4.69, 9.17) is 9.47 Å². The predicted octanol–water partition coefficient (Wildman–Crippen LogP) is 2.88. The van der Waals surface area contributed by atoms with Gasteiger partial charge < -0.3 is 18.9 Å². The SMILES string of the molecule is Cn1ccnc1CN(CC1COC(C)(C)O1)C(=O)C(C)(C)c1ccccc1. The van der Waals surface area contributed by atoms with Crippen molar-refractivity contribution in [2.75, 3.05) is 13.2 Å². The van der Waals surface area contributed by atoms with Crippen LogP contribution in [-0.2, 0) is 33.3 Å². The largest absolute Gasteiger partial charge is 0.348 e. The summed E-state index contributed by atoms with van der Waals surface area (Å²) in [6, 6.07) is 9.87. The Hall–Kier alpha value is -2.18. The Morgan fingerprint density at radius 3 is 2.59 bits per heavy atom. The summed E-state index contributed by atoms with van der Waals surface area (Å²) in [6.07, 6.45) is 3.48. The van der Waals surface area contributed by atoms with Crippen LogP contribution >= 0.6 is 0 Å². The Kier molecular flexibility index (Phi) is 5.40. The van der Waals surface area contributed by atoms with E-state index in [1.54, 1.807) is 6.20 Å². The van der Waals surface area contributed by atoms with Crippen molar-refractivity contribution in [2.45, 2.75) is 51.5 Å². The molecule has 1 atom stereocenters. The highest BCUT2D eigenvalue weighted by molar-refractivity contribution is 5.87. The highest BCUT2D eigenvalue weighted by atomic mass is 16.7. The predicted molar refractivity (Wildman–Crippen MR) is 103 cm³/mol. The summed E-state index contributed by atoms with van der Waals surface area (Å²) in [5.74, 6) is 0.271. The van der Waals surface area contributed by atoms with E-state index >= 15 is 0 Å². The van der Waals surface area contributed by atoms with Crippen molar-refractivity contribution in [3.05, 3.63) is 54.1 Å². The fraction of sp³-hybridized carbons (Fsp3) is 0.524. The van der Waals surface area contributed by atoms with Crippen LogP contribution in [0.25, 0.3) is 0 Å². The minimum atomic E-state index is -0.651. The molecule has 1 fully saturated rings. The molecule has 0 bridgehead atoms. The van der Waals surface area contributed by atoms with E-state index in [9.17, 15) is 4.79 Å². The highest BCUT2D eigenvalue weighted by Gasteiger charge is 2.38. The van der Waals surface area contributed by atoms with Crippen molar-refractivity contribution in [1.82, 2.24) is 14.5 Å². The minimum Gasteiger partial charge on any atom is -0.348 e. The molecule has 1 amide bonds. The summed E-state index contributed by atoms with van der Waals surface area (Å²) >= 11 is 0. The number of rotatable bonds is 6. The van der Waals surface area contributed by atoms with Crippen molar-refractivity contribution in [2.24, 2.45) is 7.05 Å². The van der Waals surface area contributed by atoms with Gasteiger partial charge in [-0.1, -0.05) is 30.3 Å². The summed E-state index contributed by atoms with van der Waals surface area (Å²) < 4.78 is 13.6. The summed E-state index contributed by atoms with van der Waals surface area (Å²) in [5.41, 5.74) is 0.338. The second-order valence-corrected chi connectivity index (χ2v) is 8.08. The first-order chi connectivity index (χ1) is 12.7. The molecular weight excluding hydrogens is 342 g/mol. The number of ether oxygens (including phenoxy) is 2. The first kappa shape index (κ1) is 19.6. The van der Waals surface area contributed by atoms with E-state index in [1.807, 2.05) is 80.7 Å². The zero-order chi connectivity index (χ0) is 19.7. The standard InChI is InChI=1S/C21H29N3O3/c1-20(2,16-9-7-6-8-10-16)19(25)24(14-18-22-11-12-23(18)5)13-17-15-26-21(3,4)27-17/h6-12,17H,13-15H2,1-5H3. The van der Waals surface area contributed by atoms with Crippen LogP contribution in [0.3, 0.4) is 0 Å². The smallest absolute Gasteiger partial charge is 0.233 e. The third-order valence-corrected chi connectivity index (χ3v) is 5.06. The number of aryl methyl sites for hydroxylation is 1. The molecule has 146 valence electrons. The Bertz CT molecular complexity index is 783. The molecule has 0 saturated carbocycles. The molecule has 0 radical (unpaired) electrons. The van der Waals surface area contributed by atoms with Crippen LogP contribution in [-0.4, -0.2) is 45.4 Å². The lowest BCUT2D eigenvalue weighted by Crippen LogP contribution is -2.47. The summed E-state index contributed by atoms with van der Waals surface area (Å²) in [5, 5.41) is 0. The normalized spacial score (nSPS) is 19.2. The maximum atomic E-state index is 13.5. The summed E-state index contributed by atoms with van der Waals surface area (Å²) in [6.45, 7) is 9.09. The molecule has 2 heterocycles. The van der Waals surface area contributed by atoms with Crippen molar-refractivity contribution < 1.29 is 14.3 Å². The van der Waals surface area contributed by atoms with Gasteiger partial charge in [0.1, 0.15) is 11.9 Å².